The molecule has 0 saturated carbocycles. The molecule has 1 aromatic heterocycles. The summed E-state index contributed by atoms with van der Waals surface area (Å²) < 4.78 is 12.1. The molecule has 0 unspecified atom stereocenters. The predicted molar refractivity (Wildman–Crippen MR) is 127 cm³/mol. The largest absolute Gasteiger partial charge is 0.488 e. The summed E-state index contributed by atoms with van der Waals surface area (Å²) in [7, 11) is 0. The summed E-state index contributed by atoms with van der Waals surface area (Å²) in [5.41, 5.74) is 1.66. The second kappa shape index (κ2) is 9.99. The zero-order valence-electron chi connectivity index (χ0n) is 17.0. The van der Waals surface area contributed by atoms with E-state index < -0.39 is 5.91 Å². The molecule has 1 amide bonds. The Bertz CT molecular complexity index is 1320. The molecule has 0 saturated heterocycles. The van der Waals surface area contributed by atoms with Crippen LogP contribution in [0.25, 0.3) is 16.8 Å². The fourth-order valence-corrected chi connectivity index (χ4v) is 3.70. The van der Waals surface area contributed by atoms with Crippen molar-refractivity contribution in [2.24, 2.45) is 0 Å². The molecule has 5 nitrogen and oxygen atoms in total. The SMILES string of the molecule is N#C/C(=C\c1cc(Br)ccc1OCc1cccc2ccccc12)C(=O)NCc1ccco1. The second-order valence-corrected chi connectivity index (χ2v) is 7.96. The number of ether oxygens (including phenoxy) is 1. The van der Waals surface area contributed by atoms with Gasteiger partial charge in [0.1, 0.15) is 29.8 Å². The molecular weight excluding hydrogens is 468 g/mol. The van der Waals surface area contributed by atoms with Crippen LogP contribution in [0.4, 0.5) is 0 Å². The van der Waals surface area contributed by atoms with Crippen LogP contribution in [0.5, 0.6) is 5.75 Å². The molecule has 158 valence electrons. The average molecular weight is 487 g/mol. The number of nitrogens with zero attached hydrogens (tertiary/aromatic N) is 1. The van der Waals surface area contributed by atoms with E-state index in [1.54, 1.807) is 12.1 Å². The van der Waals surface area contributed by atoms with Crippen LogP contribution in [-0.2, 0) is 17.9 Å². The molecule has 4 rings (SSSR count). The highest BCUT2D eigenvalue weighted by atomic mass is 79.9. The van der Waals surface area contributed by atoms with Gasteiger partial charge in [0, 0.05) is 10.0 Å². The van der Waals surface area contributed by atoms with Gasteiger partial charge in [0.05, 0.1) is 12.8 Å². The molecule has 0 radical (unpaired) electrons. The van der Waals surface area contributed by atoms with Crippen molar-refractivity contribution < 1.29 is 13.9 Å². The van der Waals surface area contributed by atoms with Gasteiger partial charge in [-0.05, 0) is 52.7 Å². The van der Waals surface area contributed by atoms with E-state index >= 15 is 0 Å². The van der Waals surface area contributed by atoms with Gasteiger partial charge in [0.15, 0.2) is 0 Å². The summed E-state index contributed by atoms with van der Waals surface area (Å²) in [5, 5.41) is 14.5. The Morgan fingerprint density at radius 3 is 2.75 bits per heavy atom. The van der Waals surface area contributed by atoms with Crippen molar-refractivity contribution in [3.05, 3.63) is 106 Å². The number of fused-ring (bicyclic) bond motifs is 1. The third-order valence-electron chi connectivity index (χ3n) is 4.90. The molecule has 0 spiro atoms. The fraction of sp³-hybridized carbons (Fsp3) is 0.0769. The Hall–Kier alpha value is -3.82. The minimum absolute atomic E-state index is 0.0235. The van der Waals surface area contributed by atoms with E-state index in [-0.39, 0.29) is 12.1 Å². The average Bonchev–Trinajstić information content (AvgIpc) is 3.34. The summed E-state index contributed by atoms with van der Waals surface area (Å²) in [6, 6.07) is 25.2. The molecule has 6 heteroatoms. The summed E-state index contributed by atoms with van der Waals surface area (Å²) in [6.45, 7) is 0.560. The molecule has 0 aliphatic carbocycles. The maximum Gasteiger partial charge on any atom is 0.262 e. The topological polar surface area (TPSA) is 75.3 Å². The van der Waals surface area contributed by atoms with Gasteiger partial charge < -0.3 is 14.5 Å². The zero-order chi connectivity index (χ0) is 22.3. The number of nitrogens with one attached hydrogen (secondary N) is 1. The van der Waals surface area contributed by atoms with Gasteiger partial charge in [0.25, 0.3) is 5.91 Å². The molecule has 0 atom stereocenters. The standard InChI is InChI=1S/C26H19BrN2O3/c27-22-10-11-25(32-17-19-7-3-6-18-5-1-2-9-24(18)19)20(14-22)13-21(15-28)26(30)29-16-23-8-4-12-31-23/h1-14H,16-17H2,(H,29,30)/b21-13+. The lowest BCUT2D eigenvalue weighted by Gasteiger charge is -2.12. The monoisotopic (exact) mass is 486 g/mol. The minimum Gasteiger partial charge on any atom is -0.488 e. The van der Waals surface area contributed by atoms with Gasteiger partial charge in [0.2, 0.25) is 0 Å². The molecular formula is C26H19BrN2O3. The summed E-state index contributed by atoms with van der Waals surface area (Å²) in [5.74, 6) is 0.703. The molecule has 1 heterocycles. The van der Waals surface area contributed by atoms with E-state index in [4.69, 9.17) is 9.15 Å². The summed E-state index contributed by atoms with van der Waals surface area (Å²) >= 11 is 3.45. The number of hydrogen-bond donors (Lipinski definition) is 1. The number of amides is 1. The lowest BCUT2D eigenvalue weighted by Crippen LogP contribution is -2.23. The zero-order valence-corrected chi connectivity index (χ0v) is 18.6. The van der Waals surface area contributed by atoms with Crippen LogP contribution in [0.2, 0.25) is 0 Å². The maximum absolute atomic E-state index is 12.5. The molecule has 0 aliphatic heterocycles. The third kappa shape index (κ3) is 5.08. The van der Waals surface area contributed by atoms with E-state index in [1.807, 2.05) is 48.5 Å². The minimum atomic E-state index is -0.483. The van der Waals surface area contributed by atoms with Crippen LogP contribution < -0.4 is 10.1 Å². The first-order valence-corrected chi connectivity index (χ1v) is 10.7. The van der Waals surface area contributed by atoms with Crippen molar-refractivity contribution in [3.63, 3.8) is 0 Å². The molecule has 0 aliphatic rings. The number of rotatable bonds is 7. The number of furan rings is 1. The van der Waals surface area contributed by atoms with E-state index in [0.717, 1.165) is 20.8 Å². The van der Waals surface area contributed by atoms with Crippen molar-refractivity contribution in [2.45, 2.75) is 13.2 Å². The van der Waals surface area contributed by atoms with Crippen molar-refractivity contribution in [1.82, 2.24) is 5.32 Å². The van der Waals surface area contributed by atoms with Crippen LogP contribution in [0.15, 0.2) is 93.5 Å². The lowest BCUT2D eigenvalue weighted by molar-refractivity contribution is -0.117. The Morgan fingerprint density at radius 1 is 1.09 bits per heavy atom. The van der Waals surface area contributed by atoms with Crippen molar-refractivity contribution >= 4 is 38.7 Å². The van der Waals surface area contributed by atoms with Gasteiger partial charge in [-0.3, -0.25) is 4.79 Å². The fourth-order valence-electron chi connectivity index (χ4n) is 3.32. The lowest BCUT2D eigenvalue weighted by atomic mass is 10.1. The van der Waals surface area contributed by atoms with Crippen LogP contribution >= 0.6 is 15.9 Å². The van der Waals surface area contributed by atoms with Crippen LogP contribution in [0.3, 0.4) is 0 Å². The van der Waals surface area contributed by atoms with E-state index in [2.05, 4.69) is 39.4 Å². The van der Waals surface area contributed by atoms with Crippen LogP contribution in [-0.4, -0.2) is 5.91 Å². The maximum atomic E-state index is 12.5. The molecule has 0 fully saturated rings. The van der Waals surface area contributed by atoms with Crippen LogP contribution in [0.1, 0.15) is 16.9 Å². The predicted octanol–water partition coefficient (Wildman–Crippen LogP) is 6.00. The van der Waals surface area contributed by atoms with E-state index in [0.29, 0.717) is 23.7 Å². The second-order valence-electron chi connectivity index (χ2n) is 7.04. The van der Waals surface area contributed by atoms with Crippen LogP contribution in [0, 0.1) is 11.3 Å². The van der Waals surface area contributed by atoms with Gasteiger partial charge >= 0.3 is 0 Å². The molecule has 32 heavy (non-hydrogen) atoms. The van der Waals surface area contributed by atoms with Crippen molar-refractivity contribution in [3.8, 4) is 11.8 Å². The third-order valence-corrected chi connectivity index (χ3v) is 5.40. The van der Waals surface area contributed by atoms with Gasteiger partial charge in [-0.15, -0.1) is 0 Å². The number of halogens is 1. The first kappa shape index (κ1) is 21.4. The Balaban J connectivity index is 1.55. The Labute approximate surface area is 194 Å². The van der Waals surface area contributed by atoms with Gasteiger partial charge in [-0.1, -0.05) is 58.4 Å². The quantitative estimate of drug-likeness (QED) is 0.256. The molecule has 4 aromatic rings. The normalized spacial score (nSPS) is 11.2. The number of hydrogen-bond acceptors (Lipinski definition) is 4. The van der Waals surface area contributed by atoms with Crippen molar-refractivity contribution in [2.75, 3.05) is 0 Å². The summed E-state index contributed by atoms with van der Waals surface area (Å²) in [6.07, 6.45) is 3.06. The first-order chi connectivity index (χ1) is 15.6. The first-order valence-electron chi connectivity index (χ1n) is 9.95. The summed E-state index contributed by atoms with van der Waals surface area (Å²) in [4.78, 5) is 12.5. The number of nitriles is 1. The molecule has 1 N–H and O–H groups in total. The van der Waals surface area contributed by atoms with Crippen molar-refractivity contribution in [1.29, 1.82) is 5.26 Å². The highest BCUT2D eigenvalue weighted by Crippen LogP contribution is 2.27. The Kier molecular flexibility index (Phi) is 6.69. The van der Waals surface area contributed by atoms with Gasteiger partial charge in [-0.25, -0.2) is 0 Å². The van der Waals surface area contributed by atoms with E-state index in [9.17, 15) is 10.1 Å². The Morgan fingerprint density at radius 2 is 1.94 bits per heavy atom. The molecule has 0 bridgehead atoms. The highest BCUT2D eigenvalue weighted by molar-refractivity contribution is 9.10. The number of carbonyl (C=O) groups is 1. The van der Waals surface area contributed by atoms with Gasteiger partial charge in [-0.2, -0.15) is 5.26 Å². The van der Waals surface area contributed by atoms with E-state index in [1.165, 1.54) is 12.3 Å². The molecule has 3 aromatic carbocycles. The highest BCUT2D eigenvalue weighted by Gasteiger charge is 2.12. The number of benzene rings is 3. The number of carbonyl (C=O) groups excluding carboxylic acids is 1. The smallest absolute Gasteiger partial charge is 0.262 e.